The number of carbonyl (C=O) groups is 2. The molecule has 2 N–H and O–H groups in total. The highest BCUT2D eigenvalue weighted by Gasteiger charge is 2.22. The van der Waals surface area contributed by atoms with Crippen molar-refractivity contribution >= 4 is 17.5 Å². The quantitative estimate of drug-likeness (QED) is 0.855. The predicted octanol–water partition coefficient (Wildman–Crippen LogP) is 2.35. The number of aryl methyl sites for hydroxylation is 1. The van der Waals surface area contributed by atoms with Crippen LogP contribution in [0.2, 0.25) is 0 Å². The fourth-order valence-electron chi connectivity index (χ4n) is 1.84. The fourth-order valence-corrected chi connectivity index (χ4v) is 1.84. The highest BCUT2D eigenvalue weighted by Crippen LogP contribution is 2.13. The Morgan fingerprint density at radius 3 is 2.47 bits per heavy atom. The van der Waals surface area contributed by atoms with Gasteiger partial charge in [0.2, 0.25) is 11.8 Å². The van der Waals surface area contributed by atoms with Crippen LogP contribution in [-0.4, -0.2) is 17.9 Å². The van der Waals surface area contributed by atoms with E-state index < -0.39 is 6.04 Å². The van der Waals surface area contributed by atoms with Gasteiger partial charge in [-0.1, -0.05) is 32.9 Å². The Hall–Kier alpha value is -1.84. The Labute approximate surface area is 114 Å². The summed E-state index contributed by atoms with van der Waals surface area (Å²) in [6, 6.07) is 7.22. The topological polar surface area (TPSA) is 58.2 Å². The molecule has 0 unspecified atom stereocenters. The number of nitrogens with one attached hydrogen (secondary N) is 2. The second-order valence-corrected chi connectivity index (χ2v) is 4.97. The number of amides is 2. The Bertz CT molecular complexity index is 455. The van der Waals surface area contributed by atoms with Crippen molar-refractivity contribution in [3.8, 4) is 0 Å². The molecule has 0 saturated carbocycles. The molecule has 0 heterocycles. The van der Waals surface area contributed by atoms with E-state index in [-0.39, 0.29) is 17.7 Å². The summed E-state index contributed by atoms with van der Waals surface area (Å²) in [5, 5.41) is 5.53. The number of hydrogen-bond donors (Lipinski definition) is 2. The maximum absolute atomic E-state index is 12.2. The summed E-state index contributed by atoms with van der Waals surface area (Å²) >= 11 is 0. The molecule has 19 heavy (non-hydrogen) atoms. The molecule has 0 saturated heterocycles. The van der Waals surface area contributed by atoms with Crippen LogP contribution in [0.4, 0.5) is 5.69 Å². The minimum absolute atomic E-state index is 0.0401. The van der Waals surface area contributed by atoms with Gasteiger partial charge in [0, 0.05) is 12.6 Å². The molecule has 0 spiro atoms. The Morgan fingerprint density at radius 2 is 1.95 bits per heavy atom. The molecule has 1 atom stereocenters. The summed E-state index contributed by atoms with van der Waals surface area (Å²) in [6.07, 6.45) is 0.920. The summed E-state index contributed by atoms with van der Waals surface area (Å²) in [6.45, 7) is 7.29. The summed E-state index contributed by atoms with van der Waals surface area (Å²) in [5.74, 6) is -0.340. The number of carbonyl (C=O) groups excluding carboxylic acids is 2. The SMILES string of the molecule is CCc1cccc(NC(=O)[C@@H](NC(C)=O)C(C)C)c1. The van der Waals surface area contributed by atoms with Gasteiger partial charge in [0.1, 0.15) is 6.04 Å². The van der Waals surface area contributed by atoms with E-state index in [1.165, 1.54) is 12.5 Å². The van der Waals surface area contributed by atoms with Crippen LogP contribution in [0.3, 0.4) is 0 Å². The molecule has 0 aromatic heterocycles. The van der Waals surface area contributed by atoms with E-state index in [2.05, 4.69) is 17.6 Å². The monoisotopic (exact) mass is 262 g/mol. The van der Waals surface area contributed by atoms with Crippen molar-refractivity contribution in [2.24, 2.45) is 5.92 Å². The van der Waals surface area contributed by atoms with Crippen molar-refractivity contribution < 1.29 is 9.59 Å². The molecule has 1 aromatic carbocycles. The highest BCUT2D eigenvalue weighted by molar-refractivity contribution is 5.97. The van der Waals surface area contributed by atoms with Gasteiger partial charge in [0.15, 0.2) is 0 Å². The third-order valence-electron chi connectivity index (χ3n) is 2.91. The average molecular weight is 262 g/mol. The van der Waals surface area contributed by atoms with Gasteiger partial charge in [-0.05, 0) is 30.0 Å². The zero-order valence-corrected chi connectivity index (χ0v) is 12.0. The first kappa shape index (κ1) is 15.2. The normalized spacial score (nSPS) is 12.1. The third kappa shape index (κ3) is 4.73. The van der Waals surface area contributed by atoms with Crippen LogP contribution in [0.25, 0.3) is 0 Å². The van der Waals surface area contributed by atoms with Crippen molar-refractivity contribution in [1.82, 2.24) is 5.32 Å². The van der Waals surface area contributed by atoms with E-state index in [1.54, 1.807) is 0 Å². The average Bonchev–Trinajstić information content (AvgIpc) is 2.35. The molecule has 0 aliphatic heterocycles. The zero-order valence-electron chi connectivity index (χ0n) is 12.0. The number of hydrogen-bond acceptors (Lipinski definition) is 2. The largest absolute Gasteiger partial charge is 0.344 e. The lowest BCUT2D eigenvalue weighted by Crippen LogP contribution is -2.46. The Kier molecular flexibility index (Phi) is 5.55. The van der Waals surface area contributed by atoms with Gasteiger partial charge in [-0.2, -0.15) is 0 Å². The fraction of sp³-hybridized carbons (Fsp3) is 0.467. The van der Waals surface area contributed by atoms with Gasteiger partial charge in [-0.3, -0.25) is 9.59 Å². The number of rotatable bonds is 5. The predicted molar refractivity (Wildman–Crippen MR) is 76.9 cm³/mol. The van der Waals surface area contributed by atoms with Crippen LogP contribution in [0.15, 0.2) is 24.3 Å². The van der Waals surface area contributed by atoms with Gasteiger partial charge in [-0.25, -0.2) is 0 Å². The number of anilines is 1. The van der Waals surface area contributed by atoms with Crippen LogP contribution >= 0.6 is 0 Å². The third-order valence-corrected chi connectivity index (χ3v) is 2.91. The van der Waals surface area contributed by atoms with Gasteiger partial charge in [0.05, 0.1) is 0 Å². The lowest BCUT2D eigenvalue weighted by atomic mass is 10.0. The first-order chi connectivity index (χ1) is 8.93. The summed E-state index contributed by atoms with van der Waals surface area (Å²) in [4.78, 5) is 23.3. The molecule has 0 fully saturated rings. The molecule has 1 rings (SSSR count). The second-order valence-electron chi connectivity index (χ2n) is 4.97. The molecule has 4 heteroatoms. The standard InChI is InChI=1S/C15H22N2O2/c1-5-12-7-6-8-13(9-12)17-15(19)14(10(2)3)16-11(4)18/h6-10,14H,5H2,1-4H3,(H,16,18)(H,17,19)/t14-/m0/s1. The smallest absolute Gasteiger partial charge is 0.247 e. The molecule has 0 aliphatic rings. The summed E-state index contributed by atoms with van der Waals surface area (Å²) in [7, 11) is 0. The van der Waals surface area contributed by atoms with Crippen LogP contribution in [0.5, 0.6) is 0 Å². The van der Waals surface area contributed by atoms with Crippen LogP contribution < -0.4 is 10.6 Å². The van der Waals surface area contributed by atoms with Gasteiger partial charge < -0.3 is 10.6 Å². The van der Waals surface area contributed by atoms with Gasteiger partial charge in [-0.15, -0.1) is 0 Å². The van der Waals surface area contributed by atoms with Crippen LogP contribution in [-0.2, 0) is 16.0 Å². The molecule has 104 valence electrons. The molecule has 0 bridgehead atoms. The van der Waals surface area contributed by atoms with Gasteiger partial charge >= 0.3 is 0 Å². The van der Waals surface area contributed by atoms with Gasteiger partial charge in [0.25, 0.3) is 0 Å². The molecule has 0 radical (unpaired) electrons. The molecule has 1 aromatic rings. The maximum Gasteiger partial charge on any atom is 0.247 e. The lowest BCUT2D eigenvalue weighted by molar-refractivity contribution is -0.126. The molecular weight excluding hydrogens is 240 g/mol. The van der Waals surface area contributed by atoms with E-state index >= 15 is 0 Å². The maximum atomic E-state index is 12.2. The highest BCUT2D eigenvalue weighted by atomic mass is 16.2. The van der Waals surface area contributed by atoms with Crippen molar-refractivity contribution in [2.75, 3.05) is 5.32 Å². The van der Waals surface area contributed by atoms with E-state index in [9.17, 15) is 9.59 Å². The van der Waals surface area contributed by atoms with E-state index in [0.717, 1.165) is 12.1 Å². The Morgan fingerprint density at radius 1 is 1.26 bits per heavy atom. The van der Waals surface area contributed by atoms with Crippen LogP contribution in [0, 0.1) is 5.92 Å². The van der Waals surface area contributed by atoms with E-state index in [1.807, 2.05) is 38.1 Å². The van der Waals surface area contributed by atoms with E-state index in [4.69, 9.17) is 0 Å². The molecular formula is C15H22N2O2. The van der Waals surface area contributed by atoms with E-state index in [0.29, 0.717) is 0 Å². The minimum atomic E-state index is -0.511. The van der Waals surface area contributed by atoms with Crippen LogP contribution in [0.1, 0.15) is 33.3 Å². The second kappa shape index (κ2) is 6.92. The van der Waals surface area contributed by atoms with Crippen molar-refractivity contribution in [3.05, 3.63) is 29.8 Å². The first-order valence-corrected chi connectivity index (χ1v) is 6.61. The van der Waals surface area contributed by atoms with Crippen molar-refractivity contribution in [2.45, 2.75) is 40.2 Å². The first-order valence-electron chi connectivity index (χ1n) is 6.61. The minimum Gasteiger partial charge on any atom is -0.344 e. The summed E-state index contributed by atoms with van der Waals surface area (Å²) < 4.78 is 0. The van der Waals surface area contributed by atoms with Crippen molar-refractivity contribution in [1.29, 1.82) is 0 Å². The summed E-state index contributed by atoms with van der Waals surface area (Å²) in [5.41, 5.74) is 1.93. The lowest BCUT2D eigenvalue weighted by Gasteiger charge is -2.21. The number of benzene rings is 1. The zero-order chi connectivity index (χ0) is 14.4. The Balaban J connectivity index is 2.77. The molecule has 0 aliphatic carbocycles. The molecule has 4 nitrogen and oxygen atoms in total. The van der Waals surface area contributed by atoms with Crippen molar-refractivity contribution in [3.63, 3.8) is 0 Å². The molecule has 2 amide bonds.